The van der Waals surface area contributed by atoms with E-state index in [-0.39, 0.29) is 29.8 Å². The van der Waals surface area contributed by atoms with Gasteiger partial charge in [0.1, 0.15) is 11.5 Å². The van der Waals surface area contributed by atoms with E-state index < -0.39 is 17.3 Å². The zero-order chi connectivity index (χ0) is 18.7. The van der Waals surface area contributed by atoms with Crippen LogP contribution in [0.3, 0.4) is 0 Å². The summed E-state index contributed by atoms with van der Waals surface area (Å²) >= 11 is 0. The van der Waals surface area contributed by atoms with Gasteiger partial charge in [0, 0.05) is 11.5 Å². The molecule has 0 spiro atoms. The largest absolute Gasteiger partial charge is 0.508 e. The van der Waals surface area contributed by atoms with Gasteiger partial charge in [-0.3, -0.25) is 4.79 Å². The quantitative estimate of drug-likeness (QED) is 0.754. The summed E-state index contributed by atoms with van der Waals surface area (Å²) < 4.78 is 29.0. The molecule has 1 N–H and O–H groups in total. The number of rotatable bonds is 2. The summed E-state index contributed by atoms with van der Waals surface area (Å²) in [6, 6.07) is 5.51. The van der Waals surface area contributed by atoms with E-state index in [4.69, 9.17) is 0 Å². The van der Waals surface area contributed by atoms with Crippen molar-refractivity contribution in [1.82, 2.24) is 0 Å². The number of hydrogen-bond donors (Lipinski definition) is 1. The molecule has 0 saturated heterocycles. The lowest BCUT2D eigenvalue weighted by Gasteiger charge is -2.48. The highest BCUT2D eigenvalue weighted by Crippen LogP contribution is 2.62. The van der Waals surface area contributed by atoms with Crippen LogP contribution in [0.5, 0.6) is 5.75 Å². The second-order valence-electron chi connectivity index (χ2n) is 8.43. The van der Waals surface area contributed by atoms with Crippen molar-refractivity contribution >= 4 is 5.78 Å². The Bertz CT molecular complexity index is 808. The molecule has 2 saturated carbocycles. The first-order chi connectivity index (χ1) is 12.3. The number of carbonyl (C=O) groups is 1. The molecular formula is C22H24F2O2. The molecule has 1 aromatic rings. The second kappa shape index (κ2) is 5.79. The Hall–Kier alpha value is -1.93. The van der Waals surface area contributed by atoms with E-state index in [0.29, 0.717) is 18.4 Å². The van der Waals surface area contributed by atoms with Gasteiger partial charge < -0.3 is 5.11 Å². The lowest BCUT2D eigenvalue weighted by atomic mass is 9.55. The van der Waals surface area contributed by atoms with Gasteiger partial charge in [-0.15, -0.1) is 5.73 Å². The number of hydrogen-bond acceptors (Lipinski definition) is 2. The van der Waals surface area contributed by atoms with Crippen molar-refractivity contribution in [2.75, 3.05) is 0 Å². The first kappa shape index (κ1) is 17.5. The summed E-state index contributed by atoms with van der Waals surface area (Å²) in [7, 11) is 0. The number of fused-ring (bicyclic) bond motifs is 5. The number of alkyl halides is 2. The number of ketones is 1. The number of Topliss-reactive ketones (excluding diaryl/α,β-unsaturated/α-hetero) is 1. The van der Waals surface area contributed by atoms with Crippen molar-refractivity contribution in [3.63, 3.8) is 0 Å². The number of aromatic hydroxyl groups is 1. The van der Waals surface area contributed by atoms with Gasteiger partial charge in [-0.05, 0) is 73.1 Å². The highest BCUT2D eigenvalue weighted by Gasteiger charge is 2.62. The lowest BCUT2D eigenvalue weighted by Crippen LogP contribution is -2.43. The standard InChI is InChI=1S/C22H24F2O2/c1-3-9-22(23,24)19-12-18-17-6-4-13-11-14(25)5-7-15(13)16(17)8-10-21(18,2)20(19)26/h5,7,9,11,16-19,25H,1,4,6,8,10,12H2,2H3/t16-,17-,18+,19-,21+/m1/s1. The molecule has 0 aromatic heterocycles. The smallest absolute Gasteiger partial charge is 0.283 e. The molecule has 2 nitrogen and oxygen atoms in total. The summed E-state index contributed by atoms with van der Waals surface area (Å²) in [6.07, 6.45) is 4.13. The number of aryl methyl sites for hydroxylation is 1. The maximum atomic E-state index is 14.5. The maximum Gasteiger partial charge on any atom is 0.283 e. The molecule has 4 rings (SSSR count). The van der Waals surface area contributed by atoms with Gasteiger partial charge in [-0.1, -0.05) is 19.6 Å². The maximum absolute atomic E-state index is 14.5. The average molecular weight is 358 g/mol. The second-order valence-corrected chi connectivity index (χ2v) is 8.43. The molecule has 0 heterocycles. The van der Waals surface area contributed by atoms with Gasteiger partial charge in [0.2, 0.25) is 0 Å². The minimum absolute atomic E-state index is 0.00945. The molecule has 26 heavy (non-hydrogen) atoms. The highest BCUT2D eigenvalue weighted by atomic mass is 19.3. The van der Waals surface area contributed by atoms with Crippen LogP contribution in [0.25, 0.3) is 0 Å². The van der Waals surface area contributed by atoms with Crippen LogP contribution in [0.4, 0.5) is 8.78 Å². The van der Waals surface area contributed by atoms with E-state index in [1.165, 1.54) is 5.56 Å². The number of phenolic OH excluding ortho intramolecular Hbond substituents is 1. The fourth-order valence-electron chi connectivity index (χ4n) is 5.96. The predicted molar refractivity (Wildman–Crippen MR) is 95.3 cm³/mol. The zero-order valence-electron chi connectivity index (χ0n) is 15.0. The molecule has 5 atom stereocenters. The minimum atomic E-state index is -3.17. The third-order valence-electron chi connectivity index (χ3n) is 7.23. The minimum Gasteiger partial charge on any atom is -0.508 e. The van der Waals surface area contributed by atoms with Gasteiger partial charge >= 0.3 is 0 Å². The Kier molecular flexibility index (Phi) is 3.89. The molecule has 1 aromatic carbocycles. The average Bonchev–Trinajstić information content (AvgIpc) is 2.87. The molecule has 138 valence electrons. The Morgan fingerprint density at radius 2 is 2.15 bits per heavy atom. The van der Waals surface area contributed by atoms with Crippen molar-refractivity contribution in [2.45, 2.75) is 50.9 Å². The van der Waals surface area contributed by atoms with Crippen LogP contribution in [0.1, 0.15) is 49.7 Å². The van der Waals surface area contributed by atoms with E-state index in [1.807, 2.05) is 19.1 Å². The van der Waals surface area contributed by atoms with Crippen molar-refractivity contribution < 1.29 is 18.7 Å². The number of carbonyl (C=O) groups excluding carboxylic acids is 1. The molecule has 0 radical (unpaired) electrons. The lowest BCUT2D eigenvalue weighted by molar-refractivity contribution is -0.138. The monoisotopic (exact) mass is 358 g/mol. The molecule has 3 aliphatic rings. The normalized spacial score (nSPS) is 35.9. The Morgan fingerprint density at radius 3 is 2.88 bits per heavy atom. The summed E-state index contributed by atoms with van der Waals surface area (Å²) in [5.41, 5.74) is 3.91. The van der Waals surface area contributed by atoms with Gasteiger partial charge in [0.05, 0.1) is 5.92 Å². The van der Waals surface area contributed by atoms with Gasteiger partial charge in [0.15, 0.2) is 0 Å². The van der Waals surface area contributed by atoms with Crippen molar-refractivity contribution in [1.29, 1.82) is 0 Å². The number of halogens is 2. The van der Waals surface area contributed by atoms with E-state index in [0.717, 1.165) is 24.8 Å². The molecule has 0 amide bonds. The summed E-state index contributed by atoms with van der Waals surface area (Å²) in [5.74, 6) is -3.90. The molecular weight excluding hydrogens is 334 g/mol. The number of phenols is 1. The fraction of sp³-hybridized carbons (Fsp3) is 0.545. The highest BCUT2D eigenvalue weighted by molar-refractivity contribution is 5.90. The predicted octanol–water partition coefficient (Wildman–Crippen LogP) is 5.02. The zero-order valence-corrected chi connectivity index (χ0v) is 15.0. The molecule has 0 aliphatic heterocycles. The Morgan fingerprint density at radius 1 is 1.38 bits per heavy atom. The number of allylic oxidation sites excluding steroid dienone is 1. The van der Waals surface area contributed by atoms with Crippen LogP contribution in [0.2, 0.25) is 0 Å². The van der Waals surface area contributed by atoms with Crippen LogP contribution < -0.4 is 0 Å². The van der Waals surface area contributed by atoms with Crippen molar-refractivity contribution in [2.24, 2.45) is 23.2 Å². The Balaban J connectivity index is 1.69. The first-order valence-corrected chi connectivity index (χ1v) is 9.39. The molecule has 4 heteroatoms. The summed E-state index contributed by atoms with van der Waals surface area (Å²) in [5, 5.41) is 9.74. The Labute approximate surface area is 152 Å². The van der Waals surface area contributed by atoms with Crippen LogP contribution in [0, 0.1) is 23.2 Å². The van der Waals surface area contributed by atoms with Crippen LogP contribution in [0.15, 0.2) is 36.6 Å². The third-order valence-corrected chi connectivity index (χ3v) is 7.23. The molecule has 2 fully saturated rings. The van der Waals surface area contributed by atoms with Crippen molar-refractivity contribution in [3.05, 3.63) is 47.7 Å². The molecule has 3 aliphatic carbocycles. The van der Waals surface area contributed by atoms with Crippen LogP contribution in [-0.4, -0.2) is 16.8 Å². The van der Waals surface area contributed by atoms with Crippen LogP contribution in [-0.2, 0) is 11.2 Å². The molecule has 0 bridgehead atoms. The first-order valence-electron chi connectivity index (χ1n) is 9.39. The molecule has 0 unspecified atom stereocenters. The van der Waals surface area contributed by atoms with Gasteiger partial charge in [-0.25, -0.2) is 8.78 Å². The van der Waals surface area contributed by atoms with Crippen molar-refractivity contribution in [3.8, 4) is 5.75 Å². The van der Waals surface area contributed by atoms with Gasteiger partial charge in [0.25, 0.3) is 5.92 Å². The van der Waals surface area contributed by atoms with E-state index >= 15 is 0 Å². The summed E-state index contributed by atoms with van der Waals surface area (Å²) in [4.78, 5) is 13.0. The number of benzene rings is 1. The third kappa shape index (κ3) is 2.39. The SMILES string of the molecule is C=C=CC(F)(F)[C@@H]1C[C@H]2[C@@H]3CCc4cc(O)ccc4[C@H]3CC[C@]2(C)C1=O. The van der Waals surface area contributed by atoms with Crippen LogP contribution >= 0.6 is 0 Å². The summed E-state index contributed by atoms with van der Waals surface area (Å²) in [6.45, 7) is 5.15. The van der Waals surface area contributed by atoms with E-state index in [2.05, 4.69) is 12.3 Å². The van der Waals surface area contributed by atoms with E-state index in [1.54, 1.807) is 6.07 Å². The van der Waals surface area contributed by atoms with Gasteiger partial charge in [-0.2, -0.15) is 0 Å². The fourth-order valence-corrected chi connectivity index (χ4v) is 5.96. The topological polar surface area (TPSA) is 37.3 Å². The van der Waals surface area contributed by atoms with E-state index in [9.17, 15) is 18.7 Å².